The molecule has 0 bridgehead atoms. The van der Waals surface area contributed by atoms with Crippen molar-refractivity contribution in [2.45, 2.75) is 44.6 Å². The van der Waals surface area contributed by atoms with Crippen molar-refractivity contribution in [3.63, 3.8) is 0 Å². The molecule has 2 saturated carbocycles. The van der Waals surface area contributed by atoms with Crippen LogP contribution in [0.3, 0.4) is 0 Å². The third-order valence-corrected chi connectivity index (χ3v) is 3.80. The van der Waals surface area contributed by atoms with Gasteiger partial charge in [0.05, 0.1) is 6.54 Å². The Morgan fingerprint density at radius 3 is 2.85 bits per heavy atom. The zero-order valence-electron chi connectivity index (χ0n) is 8.26. The molecule has 1 nitrogen and oxygen atoms in total. The number of fused-ring (bicyclic) bond motifs is 1. The van der Waals surface area contributed by atoms with E-state index in [0.717, 1.165) is 24.4 Å². The zero-order chi connectivity index (χ0) is 9.10. The molecule has 0 aliphatic heterocycles. The molecule has 0 radical (unpaired) electrons. The SMILES string of the molecule is C#CCN[C@H]1CCC2CCCCC21. The van der Waals surface area contributed by atoms with Crippen molar-refractivity contribution in [2.75, 3.05) is 6.54 Å². The summed E-state index contributed by atoms with van der Waals surface area (Å²) in [7, 11) is 0. The summed E-state index contributed by atoms with van der Waals surface area (Å²) in [5.74, 6) is 4.64. The van der Waals surface area contributed by atoms with E-state index >= 15 is 0 Å². The molecule has 13 heavy (non-hydrogen) atoms. The maximum Gasteiger partial charge on any atom is 0.0576 e. The molecule has 2 aliphatic rings. The van der Waals surface area contributed by atoms with Gasteiger partial charge in [-0.2, -0.15) is 0 Å². The molecular formula is C12H19N. The van der Waals surface area contributed by atoms with Gasteiger partial charge in [0.1, 0.15) is 0 Å². The van der Waals surface area contributed by atoms with E-state index in [-0.39, 0.29) is 0 Å². The summed E-state index contributed by atoms with van der Waals surface area (Å²) in [5.41, 5.74) is 0. The second-order valence-electron chi connectivity index (χ2n) is 4.48. The Kier molecular flexibility index (Phi) is 2.90. The third kappa shape index (κ3) is 1.89. The molecule has 0 spiro atoms. The van der Waals surface area contributed by atoms with Gasteiger partial charge in [-0.25, -0.2) is 0 Å². The summed E-state index contributed by atoms with van der Waals surface area (Å²) >= 11 is 0. The van der Waals surface area contributed by atoms with Crippen molar-refractivity contribution in [3.05, 3.63) is 0 Å². The van der Waals surface area contributed by atoms with Gasteiger partial charge in [-0.15, -0.1) is 6.42 Å². The zero-order valence-corrected chi connectivity index (χ0v) is 8.26. The minimum atomic E-state index is 0.737. The van der Waals surface area contributed by atoms with Crippen molar-refractivity contribution in [2.24, 2.45) is 11.8 Å². The van der Waals surface area contributed by atoms with E-state index in [2.05, 4.69) is 11.2 Å². The molecule has 2 rings (SSSR count). The number of nitrogens with one attached hydrogen (secondary N) is 1. The van der Waals surface area contributed by atoms with E-state index in [4.69, 9.17) is 6.42 Å². The highest BCUT2D eigenvalue weighted by Gasteiger charge is 2.36. The lowest BCUT2D eigenvalue weighted by atomic mass is 9.80. The van der Waals surface area contributed by atoms with Crippen LogP contribution >= 0.6 is 0 Å². The Morgan fingerprint density at radius 2 is 2.00 bits per heavy atom. The first-order chi connectivity index (χ1) is 6.42. The fraction of sp³-hybridized carbons (Fsp3) is 0.833. The van der Waals surface area contributed by atoms with Gasteiger partial charge in [-0.3, -0.25) is 0 Å². The first kappa shape index (κ1) is 9.09. The lowest BCUT2D eigenvalue weighted by Crippen LogP contribution is -2.35. The summed E-state index contributed by atoms with van der Waals surface area (Å²) in [4.78, 5) is 0. The molecule has 72 valence electrons. The summed E-state index contributed by atoms with van der Waals surface area (Å²) in [6.07, 6.45) is 13.9. The van der Waals surface area contributed by atoms with Crippen LogP contribution in [0.25, 0.3) is 0 Å². The first-order valence-electron chi connectivity index (χ1n) is 5.58. The van der Waals surface area contributed by atoms with E-state index in [1.54, 1.807) is 0 Å². The number of hydrogen-bond acceptors (Lipinski definition) is 1. The van der Waals surface area contributed by atoms with Crippen molar-refractivity contribution in [1.29, 1.82) is 0 Å². The molecule has 0 saturated heterocycles. The fourth-order valence-electron chi connectivity index (χ4n) is 3.18. The average Bonchev–Trinajstić information content (AvgIpc) is 2.58. The molecule has 2 aliphatic carbocycles. The number of terminal acetylenes is 1. The highest BCUT2D eigenvalue weighted by Crippen LogP contribution is 2.42. The second-order valence-corrected chi connectivity index (χ2v) is 4.48. The van der Waals surface area contributed by atoms with Crippen LogP contribution in [-0.4, -0.2) is 12.6 Å². The minimum absolute atomic E-state index is 0.737. The van der Waals surface area contributed by atoms with Gasteiger partial charge in [0.25, 0.3) is 0 Å². The van der Waals surface area contributed by atoms with E-state index in [1.807, 2.05) is 0 Å². The van der Waals surface area contributed by atoms with Gasteiger partial charge in [0.2, 0.25) is 0 Å². The van der Waals surface area contributed by atoms with Crippen LogP contribution in [-0.2, 0) is 0 Å². The monoisotopic (exact) mass is 177 g/mol. The largest absolute Gasteiger partial charge is 0.303 e. The van der Waals surface area contributed by atoms with Gasteiger partial charge >= 0.3 is 0 Å². The predicted octanol–water partition coefficient (Wildman–Crippen LogP) is 2.18. The Balaban J connectivity index is 1.88. The highest BCUT2D eigenvalue weighted by atomic mass is 14.9. The highest BCUT2D eigenvalue weighted by molar-refractivity contribution is 4.95. The van der Waals surface area contributed by atoms with Crippen LogP contribution in [0.15, 0.2) is 0 Å². The van der Waals surface area contributed by atoms with Gasteiger partial charge in [0, 0.05) is 6.04 Å². The molecule has 3 atom stereocenters. The van der Waals surface area contributed by atoms with Crippen molar-refractivity contribution < 1.29 is 0 Å². The fourth-order valence-corrected chi connectivity index (χ4v) is 3.18. The molecule has 0 amide bonds. The van der Waals surface area contributed by atoms with Crippen LogP contribution in [0.2, 0.25) is 0 Å². The van der Waals surface area contributed by atoms with E-state index in [1.165, 1.54) is 38.5 Å². The van der Waals surface area contributed by atoms with Crippen LogP contribution < -0.4 is 5.32 Å². The smallest absolute Gasteiger partial charge is 0.0576 e. The summed E-state index contributed by atoms with van der Waals surface area (Å²) < 4.78 is 0. The Bertz CT molecular complexity index is 204. The third-order valence-electron chi connectivity index (χ3n) is 3.80. The van der Waals surface area contributed by atoms with Crippen molar-refractivity contribution in [3.8, 4) is 12.3 Å². The molecule has 0 heterocycles. The molecule has 1 N–H and O–H groups in total. The molecule has 2 unspecified atom stereocenters. The molecule has 0 aromatic heterocycles. The summed E-state index contributed by atoms with van der Waals surface area (Å²) in [5, 5.41) is 3.49. The van der Waals surface area contributed by atoms with E-state index in [0.29, 0.717) is 0 Å². The summed E-state index contributed by atoms with van der Waals surface area (Å²) in [6, 6.07) is 0.737. The van der Waals surface area contributed by atoms with Gasteiger partial charge < -0.3 is 5.32 Å². The van der Waals surface area contributed by atoms with Crippen LogP contribution in [0.5, 0.6) is 0 Å². The topological polar surface area (TPSA) is 12.0 Å². The van der Waals surface area contributed by atoms with Gasteiger partial charge in [-0.1, -0.05) is 25.2 Å². The number of rotatable bonds is 2. The Morgan fingerprint density at radius 1 is 1.15 bits per heavy atom. The van der Waals surface area contributed by atoms with E-state index in [9.17, 15) is 0 Å². The number of hydrogen-bond donors (Lipinski definition) is 1. The first-order valence-corrected chi connectivity index (χ1v) is 5.58. The molecule has 1 heteroatoms. The molecular weight excluding hydrogens is 158 g/mol. The predicted molar refractivity (Wildman–Crippen MR) is 55.3 cm³/mol. The second kappa shape index (κ2) is 4.15. The normalized spacial score (nSPS) is 38.2. The van der Waals surface area contributed by atoms with Crippen LogP contribution in [0.1, 0.15) is 38.5 Å². The van der Waals surface area contributed by atoms with Crippen molar-refractivity contribution >= 4 is 0 Å². The molecule has 2 fully saturated rings. The summed E-state index contributed by atoms with van der Waals surface area (Å²) in [6.45, 7) is 0.758. The standard InChI is InChI=1S/C12H19N/c1-2-9-13-12-8-7-10-5-3-4-6-11(10)12/h1,10-13H,3-9H2/t10?,11?,12-/m0/s1. The van der Waals surface area contributed by atoms with Crippen molar-refractivity contribution in [1.82, 2.24) is 5.32 Å². The van der Waals surface area contributed by atoms with Gasteiger partial charge in [0.15, 0.2) is 0 Å². The minimum Gasteiger partial charge on any atom is -0.303 e. The van der Waals surface area contributed by atoms with Gasteiger partial charge in [-0.05, 0) is 31.1 Å². The maximum atomic E-state index is 5.26. The molecule has 0 aromatic carbocycles. The van der Waals surface area contributed by atoms with Crippen LogP contribution in [0.4, 0.5) is 0 Å². The molecule has 0 aromatic rings. The van der Waals surface area contributed by atoms with Crippen LogP contribution in [0, 0.1) is 24.2 Å². The Hall–Kier alpha value is -0.480. The quantitative estimate of drug-likeness (QED) is 0.637. The van der Waals surface area contributed by atoms with E-state index < -0.39 is 0 Å². The lowest BCUT2D eigenvalue weighted by molar-refractivity contribution is 0.245. The average molecular weight is 177 g/mol. The maximum absolute atomic E-state index is 5.26. The lowest BCUT2D eigenvalue weighted by Gasteiger charge is -2.29. The Labute approximate surface area is 81.3 Å².